The topological polar surface area (TPSA) is 74.0 Å². The van der Waals surface area contributed by atoms with Gasteiger partial charge in [0.25, 0.3) is 5.91 Å². The number of fused-ring (bicyclic) bond motifs is 1. The molecule has 2 aromatic rings. The number of H-pyrrole nitrogens is 1. The molecule has 1 aromatic carbocycles. The van der Waals surface area contributed by atoms with Crippen LogP contribution in [0.3, 0.4) is 0 Å². The highest BCUT2D eigenvalue weighted by Gasteiger charge is 2.13. The monoisotopic (exact) mass is 313 g/mol. The number of carbonyl (C=O) groups excluding carboxylic acids is 1. The maximum atomic E-state index is 13.3. The van der Waals surface area contributed by atoms with Crippen LogP contribution in [0.1, 0.15) is 17.3 Å². The van der Waals surface area contributed by atoms with Crippen molar-refractivity contribution in [3.05, 3.63) is 46.0 Å². The molecule has 21 heavy (non-hydrogen) atoms. The van der Waals surface area contributed by atoms with Crippen molar-refractivity contribution in [3.63, 3.8) is 0 Å². The normalized spacial score (nSPS) is 11.8. The van der Waals surface area contributed by atoms with E-state index in [1.807, 2.05) is 6.92 Å². The average molecular weight is 314 g/mol. The van der Waals surface area contributed by atoms with E-state index in [1.165, 1.54) is 24.3 Å². The van der Waals surface area contributed by atoms with E-state index in [9.17, 15) is 14.0 Å². The number of halogens is 2. The summed E-state index contributed by atoms with van der Waals surface area (Å²) in [5, 5.41) is 6.09. The molecule has 1 atom stereocenters. The molecule has 1 unspecified atom stereocenters. The van der Waals surface area contributed by atoms with Crippen molar-refractivity contribution < 1.29 is 9.18 Å². The maximum Gasteiger partial charge on any atom is 0.252 e. The lowest BCUT2D eigenvalue weighted by Gasteiger charge is -2.12. The number of nitrogens with one attached hydrogen (secondary N) is 3. The van der Waals surface area contributed by atoms with Crippen molar-refractivity contribution in [2.45, 2.75) is 13.0 Å². The van der Waals surface area contributed by atoms with E-state index in [-0.39, 0.29) is 24.0 Å². The first-order chi connectivity index (χ1) is 9.51. The van der Waals surface area contributed by atoms with E-state index in [0.29, 0.717) is 17.4 Å². The summed E-state index contributed by atoms with van der Waals surface area (Å²) in [5.74, 6) is -0.851. The molecule has 5 nitrogen and oxygen atoms in total. The quantitative estimate of drug-likeness (QED) is 0.799. The predicted octanol–water partition coefficient (Wildman–Crippen LogP) is 1.43. The van der Waals surface area contributed by atoms with Crippen LogP contribution in [0.5, 0.6) is 0 Å². The lowest BCUT2D eigenvalue weighted by atomic mass is 10.1. The van der Waals surface area contributed by atoms with Crippen LogP contribution in [-0.4, -0.2) is 30.5 Å². The summed E-state index contributed by atoms with van der Waals surface area (Å²) in [7, 11) is 1.79. The molecule has 0 aliphatic carbocycles. The molecule has 7 heteroatoms. The Morgan fingerprint density at radius 3 is 2.76 bits per heavy atom. The van der Waals surface area contributed by atoms with Crippen LogP contribution in [0, 0.1) is 5.82 Å². The first-order valence-electron chi connectivity index (χ1n) is 6.29. The molecule has 0 fully saturated rings. The van der Waals surface area contributed by atoms with Crippen LogP contribution in [0.15, 0.2) is 29.1 Å². The van der Waals surface area contributed by atoms with Crippen LogP contribution in [0.4, 0.5) is 4.39 Å². The van der Waals surface area contributed by atoms with Gasteiger partial charge in [0.2, 0.25) is 5.56 Å². The third kappa shape index (κ3) is 4.03. The lowest BCUT2D eigenvalue weighted by Crippen LogP contribution is -2.37. The summed E-state index contributed by atoms with van der Waals surface area (Å²) in [4.78, 5) is 26.2. The van der Waals surface area contributed by atoms with Crippen LogP contribution in [0.25, 0.3) is 10.9 Å². The second kappa shape index (κ2) is 7.19. The third-order valence-electron chi connectivity index (χ3n) is 3.11. The molecule has 0 saturated carbocycles. The fourth-order valence-electron chi connectivity index (χ4n) is 1.86. The minimum Gasteiger partial charge on any atom is -0.350 e. The number of rotatable bonds is 4. The number of aromatic nitrogens is 1. The van der Waals surface area contributed by atoms with Gasteiger partial charge in [-0.3, -0.25) is 9.59 Å². The van der Waals surface area contributed by atoms with Crippen molar-refractivity contribution in [2.75, 3.05) is 13.6 Å². The van der Waals surface area contributed by atoms with Gasteiger partial charge in [-0.2, -0.15) is 0 Å². The Hall–Kier alpha value is -1.92. The van der Waals surface area contributed by atoms with Gasteiger partial charge in [-0.15, -0.1) is 12.4 Å². The Bertz CT molecular complexity index is 702. The Kier molecular flexibility index (Phi) is 5.87. The first kappa shape index (κ1) is 17.1. The zero-order valence-electron chi connectivity index (χ0n) is 11.7. The molecule has 0 aliphatic heterocycles. The molecule has 0 aliphatic rings. The number of benzene rings is 1. The highest BCUT2D eigenvalue weighted by molar-refractivity contribution is 6.05. The zero-order valence-corrected chi connectivity index (χ0v) is 12.5. The van der Waals surface area contributed by atoms with Crippen LogP contribution >= 0.6 is 12.4 Å². The number of hydrogen-bond acceptors (Lipinski definition) is 3. The fraction of sp³-hybridized carbons (Fsp3) is 0.286. The summed E-state index contributed by atoms with van der Waals surface area (Å²) in [5.41, 5.74) is 0.216. The molecule has 1 heterocycles. The number of amides is 1. The maximum absolute atomic E-state index is 13.3. The van der Waals surface area contributed by atoms with E-state index in [2.05, 4.69) is 15.6 Å². The van der Waals surface area contributed by atoms with Crippen LogP contribution in [-0.2, 0) is 0 Å². The molecule has 1 aromatic heterocycles. The van der Waals surface area contributed by atoms with Gasteiger partial charge in [-0.1, -0.05) is 0 Å². The minimum absolute atomic E-state index is 0. The zero-order chi connectivity index (χ0) is 14.7. The average Bonchev–Trinajstić information content (AvgIpc) is 2.43. The highest BCUT2D eigenvalue weighted by atomic mass is 35.5. The summed E-state index contributed by atoms with van der Waals surface area (Å²) >= 11 is 0. The van der Waals surface area contributed by atoms with Gasteiger partial charge >= 0.3 is 0 Å². The van der Waals surface area contributed by atoms with Crippen molar-refractivity contribution in [1.29, 1.82) is 0 Å². The van der Waals surface area contributed by atoms with Crippen molar-refractivity contribution >= 4 is 29.2 Å². The summed E-state index contributed by atoms with van der Waals surface area (Å²) in [6, 6.07) is 5.20. The first-order valence-corrected chi connectivity index (χ1v) is 6.29. The van der Waals surface area contributed by atoms with Gasteiger partial charge in [-0.05, 0) is 32.2 Å². The van der Waals surface area contributed by atoms with Crippen LogP contribution in [0.2, 0.25) is 0 Å². The summed E-state index contributed by atoms with van der Waals surface area (Å²) in [6.45, 7) is 2.33. The van der Waals surface area contributed by atoms with Gasteiger partial charge in [0.05, 0.1) is 5.56 Å². The second-order valence-corrected chi connectivity index (χ2v) is 4.64. The van der Waals surface area contributed by atoms with Crippen molar-refractivity contribution in [2.24, 2.45) is 0 Å². The molecule has 3 N–H and O–H groups in total. The van der Waals surface area contributed by atoms with E-state index in [0.717, 1.165) is 0 Å². The van der Waals surface area contributed by atoms with Crippen molar-refractivity contribution in [3.8, 4) is 0 Å². The van der Waals surface area contributed by atoms with Gasteiger partial charge in [0, 0.05) is 29.6 Å². The smallest absolute Gasteiger partial charge is 0.252 e. The van der Waals surface area contributed by atoms with E-state index < -0.39 is 17.3 Å². The SMILES string of the molecule is CNC(C)CNC(=O)c1cc(=O)[nH]c2ccc(F)cc12.Cl. The van der Waals surface area contributed by atoms with Gasteiger partial charge in [0.1, 0.15) is 5.82 Å². The van der Waals surface area contributed by atoms with Gasteiger partial charge in [-0.25, -0.2) is 4.39 Å². The molecule has 0 saturated heterocycles. The number of carbonyl (C=O) groups is 1. The molecule has 1 amide bonds. The fourth-order valence-corrected chi connectivity index (χ4v) is 1.86. The Balaban J connectivity index is 0.00000220. The van der Waals surface area contributed by atoms with Gasteiger partial charge in [0.15, 0.2) is 0 Å². The Labute approximate surface area is 127 Å². The molecule has 0 spiro atoms. The molecule has 0 radical (unpaired) electrons. The number of hydrogen-bond donors (Lipinski definition) is 3. The highest BCUT2D eigenvalue weighted by Crippen LogP contribution is 2.16. The standard InChI is InChI=1S/C14H16FN3O2.ClH/c1-8(16-2)7-17-14(20)11-6-13(19)18-12-4-3-9(15)5-10(11)12;/h3-6,8,16H,7H2,1-2H3,(H,17,20)(H,18,19);1H. The molecule has 0 bridgehead atoms. The number of aromatic amines is 1. The second-order valence-electron chi connectivity index (χ2n) is 4.64. The largest absolute Gasteiger partial charge is 0.350 e. The molecule has 114 valence electrons. The third-order valence-corrected chi connectivity index (χ3v) is 3.11. The summed E-state index contributed by atoms with van der Waals surface area (Å²) < 4.78 is 13.3. The number of likely N-dealkylation sites (N-methyl/N-ethyl adjacent to an activating group) is 1. The Morgan fingerprint density at radius 1 is 1.38 bits per heavy atom. The van der Waals surface area contributed by atoms with E-state index in [4.69, 9.17) is 0 Å². The van der Waals surface area contributed by atoms with E-state index >= 15 is 0 Å². The van der Waals surface area contributed by atoms with Crippen LogP contribution < -0.4 is 16.2 Å². The number of pyridine rings is 1. The minimum atomic E-state index is -0.456. The molecular weight excluding hydrogens is 297 g/mol. The summed E-state index contributed by atoms with van der Waals surface area (Å²) in [6.07, 6.45) is 0. The molecular formula is C14H17ClFN3O2. The lowest BCUT2D eigenvalue weighted by molar-refractivity contribution is 0.0952. The Morgan fingerprint density at radius 2 is 2.10 bits per heavy atom. The predicted molar refractivity (Wildman–Crippen MR) is 82.6 cm³/mol. The van der Waals surface area contributed by atoms with Crippen molar-refractivity contribution in [1.82, 2.24) is 15.6 Å². The molecule has 2 rings (SSSR count). The van der Waals surface area contributed by atoms with Gasteiger partial charge < -0.3 is 15.6 Å². The van der Waals surface area contributed by atoms with E-state index in [1.54, 1.807) is 7.05 Å².